The van der Waals surface area contributed by atoms with Gasteiger partial charge in [0.25, 0.3) is 5.69 Å². The van der Waals surface area contributed by atoms with Crippen LogP contribution in [0.5, 0.6) is 0 Å². The van der Waals surface area contributed by atoms with Crippen LogP contribution in [0.25, 0.3) is 6.08 Å². The minimum Gasteiger partial charge on any atom is -0.304 e. The summed E-state index contributed by atoms with van der Waals surface area (Å²) in [7, 11) is -3.95. The van der Waals surface area contributed by atoms with Gasteiger partial charge in [-0.05, 0) is 37.6 Å². The average molecular weight is 303 g/mol. The largest absolute Gasteiger partial charge is 0.389 e. The Kier molecular flexibility index (Phi) is 6.01. The number of halogens is 1. The highest BCUT2D eigenvalue weighted by atomic mass is 31.2. The molecule has 1 rings (SSSR count). The molecule has 0 radical (unpaired) electrons. The maximum Gasteiger partial charge on any atom is 0.389 e. The van der Waals surface area contributed by atoms with E-state index in [0.29, 0.717) is 5.56 Å². The minimum absolute atomic E-state index is 0.0405. The molecule has 0 aliphatic heterocycles. The Morgan fingerprint density at radius 2 is 1.80 bits per heavy atom. The number of nitrogens with zero attached hydrogens (tertiary/aromatic N) is 1. The van der Waals surface area contributed by atoms with Crippen LogP contribution in [-0.4, -0.2) is 18.1 Å². The second-order valence-electron chi connectivity index (χ2n) is 3.65. The van der Waals surface area contributed by atoms with Crippen molar-refractivity contribution in [3.63, 3.8) is 0 Å². The summed E-state index contributed by atoms with van der Waals surface area (Å²) in [5, 5.41) is 10.5. The quantitative estimate of drug-likeness (QED) is 0.430. The molecule has 1 aromatic rings. The lowest BCUT2D eigenvalue weighted by Crippen LogP contribution is -1.96. The Morgan fingerprint density at radius 1 is 1.30 bits per heavy atom. The van der Waals surface area contributed by atoms with Gasteiger partial charge in [-0.15, -0.1) is 0 Å². The maximum atomic E-state index is 14.0. The Morgan fingerprint density at radius 3 is 2.20 bits per heavy atom. The lowest BCUT2D eigenvalue weighted by atomic mass is 10.2. The van der Waals surface area contributed by atoms with Crippen molar-refractivity contribution in [1.29, 1.82) is 0 Å². The van der Waals surface area contributed by atoms with Crippen molar-refractivity contribution < 1.29 is 22.9 Å². The van der Waals surface area contributed by atoms with E-state index in [2.05, 4.69) is 0 Å². The number of benzene rings is 1. The van der Waals surface area contributed by atoms with Gasteiger partial charge in [0.15, 0.2) is 0 Å². The number of hydrogen-bond acceptors (Lipinski definition) is 5. The Bertz CT molecular complexity index is 533. The van der Waals surface area contributed by atoms with E-state index in [0.717, 1.165) is 6.08 Å². The van der Waals surface area contributed by atoms with Crippen molar-refractivity contribution in [3.8, 4) is 0 Å². The second-order valence-corrected chi connectivity index (χ2v) is 5.59. The zero-order chi connectivity index (χ0) is 15.2. The number of rotatable bonds is 7. The summed E-state index contributed by atoms with van der Waals surface area (Å²) in [6.45, 7) is 3.23. The van der Waals surface area contributed by atoms with Gasteiger partial charge < -0.3 is 9.05 Å². The van der Waals surface area contributed by atoms with E-state index in [1.165, 1.54) is 24.3 Å². The third-order valence-electron chi connectivity index (χ3n) is 2.25. The molecule has 1 aromatic carbocycles. The highest BCUT2D eigenvalue weighted by molar-refractivity contribution is 7.58. The molecule has 6 nitrogen and oxygen atoms in total. The van der Waals surface area contributed by atoms with E-state index < -0.39 is 18.1 Å². The van der Waals surface area contributed by atoms with Crippen molar-refractivity contribution in [2.24, 2.45) is 0 Å². The summed E-state index contributed by atoms with van der Waals surface area (Å²) in [4.78, 5) is 9.94. The molecular weight excluding hydrogens is 288 g/mol. The summed E-state index contributed by atoms with van der Waals surface area (Å²) in [6, 6.07) is 5.15. The molecule has 20 heavy (non-hydrogen) atoms. The molecule has 0 unspecified atom stereocenters. The maximum absolute atomic E-state index is 14.0. The zero-order valence-electron chi connectivity index (χ0n) is 11.1. The lowest BCUT2D eigenvalue weighted by molar-refractivity contribution is -0.384. The van der Waals surface area contributed by atoms with Crippen LogP contribution in [0.2, 0.25) is 0 Å². The van der Waals surface area contributed by atoms with Crippen LogP contribution in [0.4, 0.5) is 10.1 Å². The van der Waals surface area contributed by atoms with Gasteiger partial charge in [0, 0.05) is 12.1 Å². The molecule has 0 atom stereocenters. The predicted octanol–water partition coefficient (Wildman–Crippen LogP) is 4.13. The van der Waals surface area contributed by atoms with Crippen LogP contribution in [0.15, 0.2) is 29.8 Å². The molecule has 0 aromatic heterocycles. The third kappa shape index (κ3) is 4.23. The molecule has 0 fully saturated rings. The first-order valence-corrected chi connectivity index (χ1v) is 7.48. The molecule has 0 saturated carbocycles. The first-order valence-electron chi connectivity index (χ1n) is 5.94. The fourth-order valence-electron chi connectivity index (χ4n) is 1.41. The molecule has 0 saturated heterocycles. The highest BCUT2D eigenvalue weighted by Crippen LogP contribution is 2.57. The van der Waals surface area contributed by atoms with Gasteiger partial charge in [-0.1, -0.05) is 0 Å². The smallest absolute Gasteiger partial charge is 0.304 e. The van der Waals surface area contributed by atoms with Crippen molar-refractivity contribution >= 4 is 19.4 Å². The minimum atomic E-state index is -3.95. The fraction of sp³-hybridized carbons (Fsp3) is 0.333. The third-order valence-corrected chi connectivity index (χ3v) is 4.10. The summed E-state index contributed by atoms with van der Waals surface area (Å²) in [5.74, 6) is 0. The standard InChI is InChI=1S/C12H15FNO5P/c1-3-18-20(17,19-4-2)12(13)9-10-5-7-11(8-6-10)14(15)16/h5-9H,3-4H2,1-2H3/b12-9+. The first kappa shape index (κ1) is 16.5. The number of nitro groups is 1. The molecule has 0 bridgehead atoms. The van der Waals surface area contributed by atoms with E-state index in [1.54, 1.807) is 13.8 Å². The van der Waals surface area contributed by atoms with Gasteiger partial charge in [0.2, 0.25) is 5.57 Å². The van der Waals surface area contributed by atoms with Crippen LogP contribution in [-0.2, 0) is 13.6 Å². The molecule has 8 heteroatoms. The van der Waals surface area contributed by atoms with E-state index >= 15 is 0 Å². The average Bonchev–Trinajstić information content (AvgIpc) is 2.39. The van der Waals surface area contributed by atoms with Gasteiger partial charge in [-0.2, -0.15) is 4.39 Å². The normalized spacial score (nSPS) is 12.4. The van der Waals surface area contributed by atoms with Crippen molar-refractivity contribution in [2.45, 2.75) is 13.8 Å². The van der Waals surface area contributed by atoms with E-state index in [1.807, 2.05) is 0 Å². The summed E-state index contributed by atoms with van der Waals surface area (Å²) in [5.41, 5.74) is -0.817. The van der Waals surface area contributed by atoms with Gasteiger partial charge in [0.1, 0.15) is 0 Å². The Labute approximate surface area is 115 Å². The monoisotopic (exact) mass is 303 g/mol. The molecule has 0 aliphatic rings. The number of nitro benzene ring substituents is 1. The number of hydrogen-bond donors (Lipinski definition) is 0. The molecular formula is C12H15FNO5P. The SMILES string of the molecule is CCOP(=O)(OCC)/C(F)=C/c1ccc([N+](=O)[O-])cc1. The van der Waals surface area contributed by atoms with Crippen molar-refractivity contribution in [2.75, 3.05) is 13.2 Å². The van der Waals surface area contributed by atoms with Gasteiger partial charge in [0.05, 0.1) is 18.1 Å². The van der Waals surface area contributed by atoms with Crippen LogP contribution in [0.3, 0.4) is 0 Å². The Hall–Kier alpha value is -1.56. The molecule has 0 N–H and O–H groups in total. The van der Waals surface area contributed by atoms with Crippen molar-refractivity contribution in [1.82, 2.24) is 0 Å². The van der Waals surface area contributed by atoms with Gasteiger partial charge in [-0.25, -0.2) is 0 Å². The summed E-state index contributed by atoms with van der Waals surface area (Å²) in [6.07, 6.45) is 0.982. The first-order chi connectivity index (χ1) is 9.42. The molecule has 0 heterocycles. The fourth-order valence-corrected chi connectivity index (χ4v) is 2.72. The highest BCUT2D eigenvalue weighted by Gasteiger charge is 2.30. The molecule has 0 amide bonds. The van der Waals surface area contributed by atoms with Crippen LogP contribution in [0.1, 0.15) is 19.4 Å². The predicted molar refractivity (Wildman–Crippen MR) is 73.0 cm³/mol. The lowest BCUT2D eigenvalue weighted by Gasteiger charge is -2.14. The summed E-state index contributed by atoms with van der Waals surface area (Å²) < 4.78 is 35.8. The molecule has 0 aliphatic carbocycles. The van der Waals surface area contributed by atoms with E-state index in [-0.39, 0.29) is 18.9 Å². The Balaban J connectivity index is 3.01. The van der Waals surface area contributed by atoms with Gasteiger partial charge >= 0.3 is 7.60 Å². The molecule has 0 spiro atoms. The van der Waals surface area contributed by atoms with Crippen molar-refractivity contribution in [3.05, 3.63) is 45.5 Å². The number of non-ortho nitro benzene ring substituents is 1. The zero-order valence-corrected chi connectivity index (χ0v) is 12.0. The van der Waals surface area contributed by atoms with Crippen LogP contribution < -0.4 is 0 Å². The van der Waals surface area contributed by atoms with Crippen LogP contribution >= 0.6 is 7.60 Å². The topological polar surface area (TPSA) is 78.7 Å². The van der Waals surface area contributed by atoms with Gasteiger partial charge in [-0.3, -0.25) is 14.7 Å². The molecule has 110 valence electrons. The van der Waals surface area contributed by atoms with E-state index in [4.69, 9.17) is 9.05 Å². The van der Waals surface area contributed by atoms with Crippen LogP contribution in [0, 0.1) is 10.1 Å². The second kappa shape index (κ2) is 7.28. The summed E-state index contributed by atoms with van der Waals surface area (Å²) >= 11 is 0. The van der Waals surface area contributed by atoms with E-state index in [9.17, 15) is 19.1 Å².